The van der Waals surface area contributed by atoms with Crippen molar-refractivity contribution in [3.63, 3.8) is 0 Å². The molecule has 4 aliphatic rings. The first-order valence-corrected chi connectivity index (χ1v) is 11.1. The quantitative estimate of drug-likeness (QED) is 0.547. The van der Waals surface area contributed by atoms with Gasteiger partial charge in [-0.25, -0.2) is 4.90 Å². The first-order valence-electron chi connectivity index (χ1n) is 11.1. The third-order valence-corrected chi connectivity index (χ3v) is 6.59. The molecule has 4 heterocycles. The van der Waals surface area contributed by atoms with Crippen molar-refractivity contribution in [3.8, 4) is 22.9 Å². The molecular weight excluding hydrogens is 440 g/mol. The highest BCUT2D eigenvalue weighted by atomic mass is 16.7. The van der Waals surface area contributed by atoms with Crippen LogP contribution in [-0.2, 0) is 29.0 Å². The minimum absolute atomic E-state index is 0.0548. The first kappa shape index (κ1) is 19.2. The summed E-state index contributed by atoms with van der Waals surface area (Å²) in [6.07, 6.45) is 3.08. The Hall–Kier alpha value is -4.28. The fourth-order valence-electron chi connectivity index (χ4n) is 4.92. The van der Waals surface area contributed by atoms with Gasteiger partial charge in [-0.05, 0) is 60.7 Å². The molecule has 0 radical (unpaired) electrons. The standard InChI is InChI=1S/C23H18N6O5/c30-22-19-20(23(31)29(22)15-6-4-12-2-1-3-13(12)8-15)28(27-25-19)10-18-24-21(26-34-18)14-5-7-16-17(9-14)33-11-32-16/h4-9,19-20H,1-3,10-11H2/t19-,20+/m1/s1. The third kappa shape index (κ3) is 2.82. The van der Waals surface area contributed by atoms with E-state index in [0.29, 0.717) is 28.6 Å². The van der Waals surface area contributed by atoms with Crippen LogP contribution in [0.15, 0.2) is 51.3 Å². The van der Waals surface area contributed by atoms with Crippen LogP contribution in [0, 0.1) is 0 Å². The number of nitrogens with zero attached hydrogens (tertiary/aromatic N) is 6. The van der Waals surface area contributed by atoms with Crippen LogP contribution in [0.2, 0.25) is 0 Å². The van der Waals surface area contributed by atoms with E-state index in [9.17, 15) is 9.59 Å². The molecule has 11 nitrogen and oxygen atoms in total. The maximum absolute atomic E-state index is 13.3. The molecule has 170 valence electrons. The van der Waals surface area contributed by atoms with E-state index in [1.165, 1.54) is 21.0 Å². The van der Waals surface area contributed by atoms with E-state index in [4.69, 9.17) is 14.0 Å². The highest BCUT2D eigenvalue weighted by Crippen LogP contribution is 2.36. The Bertz CT molecular complexity index is 1380. The molecule has 2 aromatic carbocycles. The highest BCUT2D eigenvalue weighted by Gasteiger charge is 2.55. The average molecular weight is 458 g/mol. The van der Waals surface area contributed by atoms with Crippen LogP contribution >= 0.6 is 0 Å². The molecule has 1 fully saturated rings. The van der Waals surface area contributed by atoms with Crippen molar-refractivity contribution in [2.45, 2.75) is 37.9 Å². The number of amides is 2. The molecule has 2 atom stereocenters. The molecule has 1 aliphatic carbocycles. The van der Waals surface area contributed by atoms with Gasteiger partial charge in [0.1, 0.15) is 6.54 Å². The summed E-state index contributed by atoms with van der Waals surface area (Å²) in [5, 5.41) is 13.6. The largest absolute Gasteiger partial charge is 0.454 e. The summed E-state index contributed by atoms with van der Waals surface area (Å²) in [5.41, 5.74) is 3.76. The van der Waals surface area contributed by atoms with Crippen molar-refractivity contribution in [1.82, 2.24) is 15.1 Å². The Morgan fingerprint density at radius 3 is 2.79 bits per heavy atom. The number of ether oxygens (including phenoxy) is 2. The highest BCUT2D eigenvalue weighted by molar-refractivity contribution is 6.25. The molecule has 1 aromatic heterocycles. The monoisotopic (exact) mass is 458 g/mol. The van der Waals surface area contributed by atoms with Crippen LogP contribution in [0.1, 0.15) is 23.4 Å². The van der Waals surface area contributed by atoms with Gasteiger partial charge in [-0.2, -0.15) is 10.1 Å². The van der Waals surface area contributed by atoms with E-state index in [1.54, 1.807) is 18.2 Å². The van der Waals surface area contributed by atoms with Gasteiger partial charge in [0.2, 0.25) is 18.5 Å². The van der Waals surface area contributed by atoms with Crippen LogP contribution in [0.4, 0.5) is 5.69 Å². The fraction of sp³-hybridized carbons (Fsp3) is 0.304. The number of anilines is 1. The predicted octanol–water partition coefficient (Wildman–Crippen LogP) is 2.45. The molecule has 0 spiro atoms. The van der Waals surface area contributed by atoms with Crippen molar-refractivity contribution in [1.29, 1.82) is 0 Å². The van der Waals surface area contributed by atoms with Crippen molar-refractivity contribution in [3.05, 3.63) is 53.4 Å². The number of hydrogen-bond acceptors (Lipinski definition) is 10. The zero-order chi connectivity index (χ0) is 22.8. The molecule has 11 heteroatoms. The number of imide groups is 1. The second-order valence-corrected chi connectivity index (χ2v) is 8.59. The molecule has 0 N–H and O–H groups in total. The maximum atomic E-state index is 13.3. The number of aromatic nitrogens is 2. The van der Waals surface area contributed by atoms with Gasteiger partial charge < -0.3 is 14.0 Å². The Balaban J connectivity index is 1.11. The van der Waals surface area contributed by atoms with Gasteiger partial charge in [-0.1, -0.05) is 16.4 Å². The Morgan fingerprint density at radius 2 is 1.85 bits per heavy atom. The van der Waals surface area contributed by atoms with E-state index in [1.807, 2.05) is 18.2 Å². The maximum Gasteiger partial charge on any atom is 0.263 e. The second-order valence-electron chi connectivity index (χ2n) is 8.59. The smallest absolute Gasteiger partial charge is 0.263 e. The summed E-state index contributed by atoms with van der Waals surface area (Å²) in [4.78, 5) is 32.0. The minimum Gasteiger partial charge on any atom is -0.454 e. The van der Waals surface area contributed by atoms with Gasteiger partial charge >= 0.3 is 0 Å². The predicted molar refractivity (Wildman–Crippen MR) is 115 cm³/mol. The van der Waals surface area contributed by atoms with Crippen molar-refractivity contribution in [2.75, 3.05) is 11.7 Å². The molecule has 2 amide bonds. The summed E-state index contributed by atoms with van der Waals surface area (Å²) in [6.45, 7) is 0.229. The third-order valence-electron chi connectivity index (χ3n) is 6.59. The minimum atomic E-state index is -0.878. The van der Waals surface area contributed by atoms with Crippen LogP contribution in [-0.4, -0.2) is 45.8 Å². The molecule has 3 aliphatic heterocycles. The van der Waals surface area contributed by atoms with Gasteiger partial charge in [-0.3, -0.25) is 14.6 Å². The van der Waals surface area contributed by atoms with Crippen molar-refractivity contribution in [2.24, 2.45) is 10.3 Å². The number of hydrogen-bond donors (Lipinski definition) is 0. The number of carbonyl (C=O) groups excluding carboxylic acids is 2. The molecule has 0 bridgehead atoms. The summed E-state index contributed by atoms with van der Waals surface area (Å²) >= 11 is 0. The molecule has 0 saturated carbocycles. The van der Waals surface area contributed by atoms with Crippen LogP contribution in [0.3, 0.4) is 0 Å². The summed E-state index contributed by atoms with van der Waals surface area (Å²) in [7, 11) is 0. The molecular formula is C23H18N6O5. The van der Waals surface area contributed by atoms with Gasteiger partial charge in [0.05, 0.1) is 5.69 Å². The lowest BCUT2D eigenvalue weighted by Gasteiger charge is -2.19. The summed E-state index contributed by atoms with van der Waals surface area (Å²) in [6, 6.07) is 9.43. The summed E-state index contributed by atoms with van der Waals surface area (Å²) in [5.74, 6) is 1.17. The molecule has 7 rings (SSSR count). The van der Waals surface area contributed by atoms with Gasteiger partial charge in [-0.15, -0.1) is 0 Å². The van der Waals surface area contributed by atoms with E-state index < -0.39 is 12.1 Å². The van der Waals surface area contributed by atoms with E-state index in [2.05, 4.69) is 20.5 Å². The normalized spacial score (nSPS) is 22.1. The molecule has 3 aromatic rings. The van der Waals surface area contributed by atoms with E-state index in [0.717, 1.165) is 19.3 Å². The fourth-order valence-corrected chi connectivity index (χ4v) is 4.92. The zero-order valence-electron chi connectivity index (χ0n) is 17.9. The second kappa shape index (κ2) is 7.11. The topological polar surface area (TPSA) is 123 Å². The number of benzene rings is 2. The number of fused-ring (bicyclic) bond motifs is 3. The average Bonchev–Trinajstić information content (AvgIpc) is 3.66. The van der Waals surface area contributed by atoms with Gasteiger partial charge in [0, 0.05) is 5.56 Å². The lowest BCUT2D eigenvalue weighted by Crippen LogP contribution is -2.39. The van der Waals surface area contributed by atoms with Crippen LogP contribution < -0.4 is 14.4 Å². The van der Waals surface area contributed by atoms with Crippen molar-refractivity contribution < 1.29 is 23.6 Å². The molecule has 34 heavy (non-hydrogen) atoms. The zero-order valence-corrected chi connectivity index (χ0v) is 17.9. The Kier molecular flexibility index (Phi) is 4.02. The van der Waals surface area contributed by atoms with Crippen LogP contribution in [0.25, 0.3) is 11.4 Å². The lowest BCUT2D eigenvalue weighted by molar-refractivity contribution is -0.123. The number of rotatable bonds is 4. The first-order chi connectivity index (χ1) is 16.7. The van der Waals surface area contributed by atoms with E-state index in [-0.39, 0.29) is 31.0 Å². The van der Waals surface area contributed by atoms with Crippen LogP contribution in [0.5, 0.6) is 11.5 Å². The van der Waals surface area contributed by atoms with E-state index >= 15 is 0 Å². The van der Waals surface area contributed by atoms with Gasteiger partial charge in [0.15, 0.2) is 23.6 Å². The molecule has 1 saturated heterocycles. The summed E-state index contributed by atoms with van der Waals surface area (Å²) < 4.78 is 16.1. The van der Waals surface area contributed by atoms with Gasteiger partial charge in [0.25, 0.3) is 11.8 Å². The molecule has 0 unspecified atom stereocenters. The SMILES string of the molecule is O=C1[C@@H]2[C@@H](N=NN2Cc2nc(-c3ccc4c(c3)OCO4)no2)C(=O)N1c1ccc2c(c1)CCC2. The Labute approximate surface area is 192 Å². The van der Waals surface area contributed by atoms with Crippen molar-refractivity contribution >= 4 is 17.5 Å². The number of aryl methyl sites for hydroxylation is 2. The lowest BCUT2D eigenvalue weighted by atomic mass is 10.1. The number of carbonyl (C=O) groups is 2. The Morgan fingerprint density at radius 1 is 0.971 bits per heavy atom.